The summed E-state index contributed by atoms with van der Waals surface area (Å²) < 4.78 is 1.36. The molecule has 0 atom stereocenters. The van der Waals surface area contributed by atoms with Crippen molar-refractivity contribution in [2.24, 2.45) is 0 Å². The highest BCUT2D eigenvalue weighted by Gasteiger charge is 2.12. The first-order valence-electron chi connectivity index (χ1n) is 5.50. The first-order valence-corrected chi connectivity index (χ1v) is 5.50. The van der Waals surface area contributed by atoms with Crippen LogP contribution in [0.4, 0.5) is 5.69 Å². The first kappa shape index (κ1) is 13.4. The fraction of sp³-hybridized carbons (Fsp3) is 0.545. The Labute approximate surface area is 99.4 Å². The molecule has 1 heterocycles. The van der Waals surface area contributed by atoms with Crippen LogP contribution in [0.25, 0.3) is 0 Å². The minimum Gasteiger partial charge on any atom is -0.313 e. The molecule has 1 N–H and O–H groups in total. The molecule has 0 aliphatic carbocycles. The molecular formula is C11H17N3O3. The third kappa shape index (κ3) is 3.67. The highest BCUT2D eigenvalue weighted by Crippen LogP contribution is 2.13. The van der Waals surface area contributed by atoms with Crippen molar-refractivity contribution < 1.29 is 4.92 Å². The number of hydrogen-bond acceptors (Lipinski definition) is 4. The van der Waals surface area contributed by atoms with E-state index in [1.807, 2.05) is 13.8 Å². The van der Waals surface area contributed by atoms with Gasteiger partial charge in [-0.05, 0) is 6.92 Å². The number of pyridine rings is 1. The van der Waals surface area contributed by atoms with Crippen LogP contribution in [-0.4, -0.2) is 22.1 Å². The van der Waals surface area contributed by atoms with Gasteiger partial charge in [0.2, 0.25) is 0 Å². The van der Waals surface area contributed by atoms with E-state index in [9.17, 15) is 14.9 Å². The highest BCUT2D eigenvalue weighted by molar-refractivity contribution is 5.35. The lowest BCUT2D eigenvalue weighted by atomic mass is 10.2. The van der Waals surface area contributed by atoms with Crippen LogP contribution in [0.3, 0.4) is 0 Å². The van der Waals surface area contributed by atoms with Crippen molar-refractivity contribution in [3.8, 4) is 0 Å². The maximum absolute atomic E-state index is 11.6. The minimum absolute atomic E-state index is 0.0193. The molecule has 6 heteroatoms. The minimum atomic E-state index is -0.471. The van der Waals surface area contributed by atoms with Gasteiger partial charge >= 0.3 is 0 Å². The monoisotopic (exact) mass is 239 g/mol. The van der Waals surface area contributed by atoms with Gasteiger partial charge in [0.1, 0.15) is 0 Å². The van der Waals surface area contributed by atoms with Gasteiger partial charge in [-0.3, -0.25) is 14.9 Å². The van der Waals surface area contributed by atoms with Gasteiger partial charge in [-0.2, -0.15) is 0 Å². The zero-order valence-electron chi connectivity index (χ0n) is 10.3. The zero-order chi connectivity index (χ0) is 13.0. The predicted octanol–water partition coefficient (Wildman–Crippen LogP) is 1.06. The summed E-state index contributed by atoms with van der Waals surface area (Å²) in [5.41, 5.74) is 0.167. The van der Waals surface area contributed by atoms with E-state index in [0.717, 1.165) is 0 Å². The van der Waals surface area contributed by atoms with Crippen LogP contribution in [0.5, 0.6) is 0 Å². The Bertz CT molecular complexity index is 466. The van der Waals surface area contributed by atoms with Crippen molar-refractivity contribution in [2.75, 3.05) is 6.54 Å². The van der Waals surface area contributed by atoms with Crippen molar-refractivity contribution in [1.29, 1.82) is 0 Å². The summed E-state index contributed by atoms with van der Waals surface area (Å²) in [5, 5.41) is 13.9. The molecule has 0 aliphatic rings. The van der Waals surface area contributed by atoms with E-state index >= 15 is 0 Å². The second-order valence-electron chi connectivity index (χ2n) is 4.24. The molecule has 6 nitrogen and oxygen atoms in total. The second-order valence-corrected chi connectivity index (χ2v) is 4.24. The Morgan fingerprint density at radius 3 is 2.71 bits per heavy atom. The van der Waals surface area contributed by atoms with Crippen molar-refractivity contribution in [3.05, 3.63) is 38.3 Å². The van der Waals surface area contributed by atoms with Gasteiger partial charge in [-0.1, -0.05) is 13.8 Å². The topological polar surface area (TPSA) is 77.2 Å². The number of nitrogens with one attached hydrogen (secondary N) is 1. The lowest BCUT2D eigenvalue weighted by Crippen LogP contribution is -2.30. The molecule has 0 aliphatic heterocycles. The fourth-order valence-corrected chi connectivity index (χ4v) is 1.49. The van der Waals surface area contributed by atoms with E-state index in [1.54, 1.807) is 6.92 Å². The number of hydrogen-bond donors (Lipinski definition) is 1. The highest BCUT2D eigenvalue weighted by atomic mass is 16.6. The van der Waals surface area contributed by atoms with Gasteiger partial charge < -0.3 is 9.88 Å². The van der Waals surface area contributed by atoms with E-state index in [1.165, 1.54) is 16.8 Å². The third-order valence-corrected chi connectivity index (χ3v) is 2.41. The van der Waals surface area contributed by atoms with Crippen molar-refractivity contribution in [2.45, 2.75) is 33.4 Å². The SMILES string of the molecule is Cc1cc(=O)n(CCNC(C)C)cc1[N+](=O)[O-]. The average Bonchev–Trinajstić information content (AvgIpc) is 2.20. The lowest BCUT2D eigenvalue weighted by Gasteiger charge is -2.10. The number of aromatic nitrogens is 1. The molecule has 0 saturated heterocycles. The smallest absolute Gasteiger partial charge is 0.288 e. The molecule has 0 unspecified atom stereocenters. The van der Waals surface area contributed by atoms with Gasteiger partial charge in [0, 0.05) is 30.8 Å². The molecule has 0 amide bonds. The predicted molar refractivity (Wildman–Crippen MR) is 65.2 cm³/mol. The van der Waals surface area contributed by atoms with Crippen LogP contribution in [0.2, 0.25) is 0 Å². The van der Waals surface area contributed by atoms with E-state index in [4.69, 9.17) is 0 Å². The summed E-state index contributed by atoms with van der Waals surface area (Å²) >= 11 is 0. The van der Waals surface area contributed by atoms with E-state index in [-0.39, 0.29) is 11.2 Å². The van der Waals surface area contributed by atoms with Crippen molar-refractivity contribution in [1.82, 2.24) is 9.88 Å². The Morgan fingerprint density at radius 2 is 2.18 bits per heavy atom. The van der Waals surface area contributed by atoms with Gasteiger partial charge in [-0.25, -0.2) is 0 Å². The normalized spacial score (nSPS) is 10.8. The summed E-state index contributed by atoms with van der Waals surface area (Å²) in [5.74, 6) is 0. The summed E-state index contributed by atoms with van der Waals surface area (Å²) in [6.45, 7) is 6.60. The lowest BCUT2D eigenvalue weighted by molar-refractivity contribution is -0.385. The van der Waals surface area contributed by atoms with Gasteiger partial charge in [-0.15, -0.1) is 0 Å². The Morgan fingerprint density at radius 1 is 1.53 bits per heavy atom. The fourth-order valence-electron chi connectivity index (χ4n) is 1.49. The first-order chi connectivity index (χ1) is 7.91. The number of aryl methyl sites for hydroxylation is 1. The quantitative estimate of drug-likeness (QED) is 0.615. The molecule has 1 aromatic rings. The van der Waals surface area contributed by atoms with Crippen LogP contribution in [0.15, 0.2) is 17.1 Å². The maximum Gasteiger partial charge on any atom is 0.288 e. The molecule has 94 valence electrons. The van der Waals surface area contributed by atoms with Gasteiger partial charge in [0.15, 0.2) is 0 Å². The number of nitro groups is 1. The van der Waals surface area contributed by atoms with E-state index < -0.39 is 4.92 Å². The molecule has 1 aromatic heterocycles. The molecule has 17 heavy (non-hydrogen) atoms. The molecule has 0 fully saturated rings. The summed E-state index contributed by atoms with van der Waals surface area (Å²) in [6, 6.07) is 1.62. The Balaban J connectivity index is 2.89. The van der Waals surface area contributed by atoms with Crippen molar-refractivity contribution in [3.63, 3.8) is 0 Å². The van der Waals surface area contributed by atoms with Crippen LogP contribution >= 0.6 is 0 Å². The van der Waals surface area contributed by atoms with E-state index in [0.29, 0.717) is 24.7 Å². The molecule has 0 aromatic carbocycles. The molecule has 0 radical (unpaired) electrons. The Kier molecular flexibility index (Phi) is 4.39. The molecule has 1 rings (SSSR count). The van der Waals surface area contributed by atoms with Gasteiger partial charge in [0.25, 0.3) is 11.2 Å². The summed E-state index contributed by atoms with van der Waals surface area (Å²) in [7, 11) is 0. The van der Waals surface area contributed by atoms with Crippen LogP contribution in [-0.2, 0) is 6.54 Å². The Hall–Kier alpha value is -1.69. The van der Waals surface area contributed by atoms with Gasteiger partial charge in [0.05, 0.1) is 11.1 Å². The zero-order valence-corrected chi connectivity index (χ0v) is 10.3. The molecular weight excluding hydrogens is 222 g/mol. The average molecular weight is 239 g/mol. The third-order valence-electron chi connectivity index (χ3n) is 2.41. The second kappa shape index (κ2) is 5.58. The van der Waals surface area contributed by atoms with E-state index in [2.05, 4.69) is 5.32 Å². The summed E-state index contributed by atoms with van der Waals surface area (Å²) in [6.07, 6.45) is 1.31. The van der Waals surface area contributed by atoms with Crippen LogP contribution < -0.4 is 10.9 Å². The molecule has 0 spiro atoms. The molecule has 0 saturated carbocycles. The number of nitrogens with zero attached hydrogens (tertiary/aromatic N) is 2. The maximum atomic E-state index is 11.6. The van der Waals surface area contributed by atoms with Crippen molar-refractivity contribution >= 4 is 5.69 Å². The van der Waals surface area contributed by atoms with Crippen LogP contribution in [0.1, 0.15) is 19.4 Å². The molecule has 0 bridgehead atoms. The standard InChI is InChI=1S/C11H17N3O3/c1-8(2)12-4-5-13-7-10(14(16)17)9(3)6-11(13)15/h6-8,12H,4-5H2,1-3H3. The largest absolute Gasteiger partial charge is 0.313 e. The van der Waals surface area contributed by atoms with Crippen LogP contribution in [0, 0.1) is 17.0 Å². The summed E-state index contributed by atoms with van der Waals surface area (Å²) in [4.78, 5) is 21.9. The number of rotatable bonds is 5.